The van der Waals surface area contributed by atoms with E-state index in [-0.39, 0.29) is 58.2 Å². The fourth-order valence-corrected chi connectivity index (χ4v) is 3.54. The van der Waals surface area contributed by atoms with Crippen LogP contribution in [-0.4, -0.2) is 87.0 Å². The first-order valence-corrected chi connectivity index (χ1v) is 11.2. The summed E-state index contributed by atoms with van der Waals surface area (Å²) in [5, 5.41) is 12.8. The van der Waals surface area contributed by atoms with Gasteiger partial charge in [0.25, 0.3) is 0 Å². The third-order valence-corrected chi connectivity index (χ3v) is 5.49. The highest BCUT2D eigenvalue weighted by Crippen LogP contribution is 2.28. The molecule has 1 rings (SSSR count). The van der Waals surface area contributed by atoms with Gasteiger partial charge in [-0.3, -0.25) is 0 Å². The zero-order valence-corrected chi connectivity index (χ0v) is 18.1. The minimum Gasteiger partial charge on any atom is -0.463 e. The van der Waals surface area contributed by atoms with E-state index in [0.717, 1.165) is 12.3 Å². The molecule has 0 aromatic carbocycles. The van der Waals surface area contributed by atoms with Crippen molar-refractivity contribution in [1.82, 2.24) is 4.31 Å². The van der Waals surface area contributed by atoms with Crippen molar-refractivity contribution >= 4 is 27.8 Å². The maximum atomic E-state index is 12.0. The second-order valence-corrected chi connectivity index (χ2v) is 8.26. The maximum Gasteiger partial charge on any atom is 0.377 e. The van der Waals surface area contributed by atoms with Crippen molar-refractivity contribution in [3.8, 4) is 0 Å². The number of piperidine rings is 1. The van der Waals surface area contributed by atoms with Gasteiger partial charge < -0.3 is 29.9 Å². The lowest BCUT2D eigenvalue weighted by Gasteiger charge is -2.39. The van der Waals surface area contributed by atoms with Crippen LogP contribution >= 0.6 is 0 Å². The standard InChI is InChI=1S/C17H29N3O9S/c1-4-26-14(22)12-13(15(23)27-5-2)29-19-16(18)17(28-11-10-21)6-8-20(9-7-17)30(3,24)25/h12,21H,4-11H2,1-3H3,(H2,18,19)/b13-12+. The maximum absolute atomic E-state index is 12.0. The quantitative estimate of drug-likeness (QED) is 0.100. The van der Waals surface area contributed by atoms with Gasteiger partial charge in [-0.15, -0.1) is 0 Å². The van der Waals surface area contributed by atoms with Crippen molar-refractivity contribution in [2.75, 3.05) is 45.8 Å². The van der Waals surface area contributed by atoms with Crippen LogP contribution < -0.4 is 5.73 Å². The van der Waals surface area contributed by atoms with Gasteiger partial charge in [0.15, 0.2) is 5.84 Å². The second-order valence-electron chi connectivity index (χ2n) is 6.28. The fourth-order valence-electron chi connectivity index (χ4n) is 2.69. The monoisotopic (exact) mass is 451 g/mol. The number of hydrogen-bond acceptors (Lipinski definition) is 10. The molecule has 0 radical (unpaired) electrons. The lowest BCUT2D eigenvalue weighted by molar-refractivity contribution is -0.144. The molecule has 1 fully saturated rings. The van der Waals surface area contributed by atoms with Crippen LogP contribution in [0.2, 0.25) is 0 Å². The molecule has 1 aliphatic rings. The first-order chi connectivity index (χ1) is 14.1. The summed E-state index contributed by atoms with van der Waals surface area (Å²) >= 11 is 0. The van der Waals surface area contributed by atoms with Gasteiger partial charge in [0.05, 0.1) is 38.8 Å². The number of sulfonamides is 1. The summed E-state index contributed by atoms with van der Waals surface area (Å²) in [5.41, 5.74) is 4.83. The lowest BCUT2D eigenvalue weighted by Crippen LogP contribution is -2.55. The number of aliphatic hydroxyl groups is 1. The molecule has 0 saturated carbocycles. The number of oxime groups is 1. The summed E-state index contributed by atoms with van der Waals surface area (Å²) in [5.74, 6) is -2.49. The largest absolute Gasteiger partial charge is 0.463 e. The van der Waals surface area contributed by atoms with Crippen LogP contribution in [-0.2, 0) is 38.7 Å². The number of aliphatic hydroxyl groups excluding tert-OH is 1. The van der Waals surface area contributed by atoms with Crippen molar-refractivity contribution in [2.24, 2.45) is 10.9 Å². The Morgan fingerprint density at radius 3 is 2.30 bits per heavy atom. The molecule has 1 heterocycles. The van der Waals surface area contributed by atoms with E-state index < -0.39 is 33.3 Å². The van der Waals surface area contributed by atoms with Gasteiger partial charge in [-0.2, -0.15) is 0 Å². The van der Waals surface area contributed by atoms with Gasteiger partial charge in [-0.1, -0.05) is 5.16 Å². The summed E-state index contributed by atoms with van der Waals surface area (Å²) in [4.78, 5) is 28.7. The third kappa shape index (κ3) is 7.55. The molecule has 30 heavy (non-hydrogen) atoms. The van der Waals surface area contributed by atoms with Crippen LogP contribution in [0, 0.1) is 0 Å². The summed E-state index contributed by atoms with van der Waals surface area (Å²) in [7, 11) is -3.39. The fraction of sp³-hybridized carbons (Fsp3) is 0.706. The summed E-state index contributed by atoms with van der Waals surface area (Å²) in [6.45, 7) is 3.16. The molecule has 0 aromatic heterocycles. The van der Waals surface area contributed by atoms with E-state index >= 15 is 0 Å². The zero-order chi connectivity index (χ0) is 22.8. The number of hydrogen-bond donors (Lipinski definition) is 2. The van der Waals surface area contributed by atoms with Crippen LogP contribution in [0.5, 0.6) is 0 Å². The molecule has 13 heteroatoms. The highest BCUT2D eigenvalue weighted by Gasteiger charge is 2.42. The molecular formula is C17H29N3O9S. The number of ether oxygens (including phenoxy) is 3. The Bertz CT molecular complexity index is 756. The molecule has 0 aliphatic carbocycles. The average Bonchev–Trinajstić information content (AvgIpc) is 2.69. The molecule has 0 atom stereocenters. The first kappa shape index (κ1) is 25.8. The molecule has 1 saturated heterocycles. The summed E-state index contributed by atoms with van der Waals surface area (Å²) in [6.07, 6.45) is 2.18. The number of rotatable bonds is 11. The molecule has 0 amide bonds. The molecule has 0 bridgehead atoms. The SMILES string of the molecule is CCOC(=O)/C=C(/O/N=C(\N)C1(OCCO)CCN(S(C)(=O)=O)CC1)C(=O)OCC. The highest BCUT2D eigenvalue weighted by atomic mass is 32.2. The van der Waals surface area contributed by atoms with Crippen molar-refractivity contribution in [3.05, 3.63) is 11.8 Å². The lowest BCUT2D eigenvalue weighted by atomic mass is 9.91. The molecule has 0 unspecified atom stereocenters. The normalized spacial score (nSPS) is 18.0. The van der Waals surface area contributed by atoms with E-state index in [2.05, 4.69) is 5.16 Å². The molecule has 3 N–H and O–H groups in total. The highest BCUT2D eigenvalue weighted by molar-refractivity contribution is 7.88. The van der Waals surface area contributed by atoms with Gasteiger partial charge in [0.2, 0.25) is 15.8 Å². The van der Waals surface area contributed by atoms with Crippen LogP contribution in [0.15, 0.2) is 17.0 Å². The number of nitrogens with two attached hydrogens (primary N) is 1. The minimum absolute atomic E-state index is 0.0342. The zero-order valence-electron chi connectivity index (χ0n) is 17.3. The Labute approximate surface area is 175 Å². The van der Waals surface area contributed by atoms with Gasteiger partial charge in [-0.25, -0.2) is 22.3 Å². The Morgan fingerprint density at radius 2 is 1.80 bits per heavy atom. The van der Waals surface area contributed by atoms with E-state index in [1.54, 1.807) is 13.8 Å². The third-order valence-electron chi connectivity index (χ3n) is 4.19. The minimum atomic E-state index is -3.39. The van der Waals surface area contributed by atoms with Gasteiger partial charge >= 0.3 is 11.9 Å². The topological polar surface area (TPSA) is 167 Å². The summed E-state index contributed by atoms with van der Waals surface area (Å²) in [6, 6.07) is 0. The molecule has 12 nitrogen and oxygen atoms in total. The number of carbonyl (C=O) groups excluding carboxylic acids is 2. The molecule has 172 valence electrons. The van der Waals surface area contributed by atoms with Crippen molar-refractivity contribution in [3.63, 3.8) is 0 Å². The van der Waals surface area contributed by atoms with E-state index in [0.29, 0.717) is 0 Å². The summed E-state index contributed by atoms with van der Waals surface area (Å²) < 4.78 is 40.0. The second kappa shape index (κ2) is 11.8. The first-order valence-electron chi connectivity index (χ1n) is 9.36. The van der Waals surface area contributed by atoms with E-state index in [4.69, 9.17) is 29.9 Å². The number of esters is 2. The Kier molecular flexibility index (Phi) is 10.2. The Morgan fingerprint density at radius 1 is 1.20 bits per heavy atom. The average molecular weight is 451 g/mol. The van der Waals surface area contributed by atoms with Crippen LogP contribution in [0.25, 0.3) is 0 Å². The molecule has 0 aromatic rings. The predicted octanol–water partition coefficient (Wildman–Crippen LogP) is -0.912. The van der Waals surface area contributed by atoms with Crippen molar-refractivity contribution < 1.29 is 42.2 Å². The number of nitrogens with zero attached hydrogens (tertiary/aromatic N) is 2. The molecular weight excluding hydrogens is 422 g/mol. The van der Waals surface area contributed by atoms with Gasteiger partial charge in [-0.05, 0) is 26.7 Å². The van der Waals surface area contributed by atoms with Crippen molar-refractivity contribution in [1.29, 1.82) is 0 Å². The molecule has 1 aliphatic heterocycles. The van der Waals surface area contributed by atoms with Crippen LogP contribution in [0.1, 0.15) is 26.7 Å². The predicted molar refractivity (Wildman–Crippen MR) is 105 cm³/mol. The van der Waals surface area contributed by atoms with Gasteiger partial charge in [0.1, 0.15) is 5.60 Å². The van der Waals surface area contributed by atoms with Gasteiger partial charge in [0, 0.05) is 13.1 Å². The smallest absolute Gasteiger partial charge is 0.377 e. The molecule has 0 spiro atoms. The van der Waals surface area contributed by atoms with E-state index in [1.807, 2.05) is 0 Å². The van der Waals surface area contributed by atoms with Crippen molar-refractivity contribution in [2.45, 2.75) is 32.3 Å². The Balaban J connectivity index is 3.07. The Hall–Kier alpha value is -2.22. The van der Waals surface area contributed by atoms with E-state index in [9.17, 15) is 18.0 Å². The number of amidine groups is 1. The van der Waals surface area contributed by atoms with Crippen LogP contribution in [0.4, 0.5) is 0 Å². The van der Waals surface area contributed by atoms with E-state index in [1.165, 1.54) is 4.31 Å². The number of carbonyl (C=O) groups is 2. The van der Waals surface area contributed by atoms with Crippen LogP contribution in [0.3, 0.4) is 0 Å².